The predicted molar refractivity (Wildman–Crippen MR) is 83.8 cm³/mol. The van der Waals surface area contributed by atoms with Crippen molar-refractivity contribution in [2.45, 2.75) is 32.1 Å². The Kier molecular flexibility index (Phi) is 3.84. The zero-order valence-corrected chi connectivity index (χ0v) is 13.2. The minimum atomic E-state index is 0.646. The molecule has 100 valence electrons. The number of nitrogens with zero attached hydrogens (tertiary/aromatic N) is 2. The van der Waals surface area contributed by atoms with E-state index in [0.29, 0.717) is 5.92 Å². The monoisotopic (exact) mass is 337 g/mol. The molecule has 0 amide bonds. The molecule has 1 aliphatic carbocycles. The van der Waals surface area contributed by atoms with Gasteiger partial charge >= 0.3 is 0 Å². The minimum Gasteiger partial charge on any atom is -0.370 e. The molecular formula is C14H16BrN3S. The first-order valence-electron chi connectivity index (χ1n) is 6.65. The van der Waals surface area contributed by atoms with E-state index in [1.807, 2.05) is 6.07 Å². The average Bonchev–Trinajstić information content (AvgIpc) is 3.18. The van der Waals surface area contributed by atoms with Crippen LogP contribution in [0.2, 0.25) is 0 Å². The summed E-state index contributed by atoms with van der Waals surface area (Å²) in [7, 11) is 0. The molecule has 1 saturated carbocycles. The first-order valence-corrected chi connectivity index (χ1v) is 8.26. The topological polar surface area (TPSA) is 37.8 Å². The highest BCUT2D eigenvalue weighted by molar-refractivity contribution is 9.11. The average molecular weight is 338 g/mol. The van der Waals surface area contributed by atoms with Crippen molar-refractivity contribution in [1.29, 1.82) is 0 Å². The molecule has 3 nitrogen and oxygen atoms in total. The van der Waals surface area contributed by atoms with Gasteiger partial charge in [0.2, 0.25) is 0 Å². The van der Waals surface area contributed by atoms with Crippen molar-refractivity contribution in [3.8, 4) is 10.7 Å². The Hall–Kier alpha value is -0.940. The fourth-order valence-electron chi connectivity index (χ4n) is 1.94. The molecule has 3 rings (SSSR count). The molecule has 0 bridgehead atoms. The van der Waals surface area contributed by atoms with Gasteiger partial charge in [-0.15, -0.1) is 11.3 Å². The van der Waals surface area contributed by atoms with Gasteiger partial charge in [0.15, 0.2) is 5.82 Å². The number of anilines is 1. The van der Waals surface area contributed by atoms with Crippen LogP contribution in [0.15, 0.2) is 22.0 Å². The first-order chi connectivity index (χ1) is 9.26. The molecule has 0 atom stereocenters. The molecule has 0 saturated heterocycles. The van der Waals surface area contributed by atoms with Crippen molar-refractivity contribution >= 4 is 33.1 Å². The van der Waals surface area contributed by atoms with Crippen LogP contribution in [-0.4, -0.2) is 16.5 Å². The summed E-state index contributed by atoms with van der Waals surface area (Å²) in [6, 6.07) is 6.23. The first kappa shape index (κ1) is 13.1. The molecule has 5 heteroatoms. The van der Waals surface area contributed by atoms with Gasteiger partial charge in [0.25, 0.3) is 0 Å². The van der Waals surface area contributed by atoms with Crippen LogP contribution in [0.1, 0.15) is 37.8 Å². The Balaban J connectivity index is 1.95. The maximum Gasteiger partial charge on any atom is 0.171 e. The molecule has 0 aliphatic heterocycles. The molecule has 0 aromatic carbocycles. The van der Waals surface area contributed by atoms with Crippen molar-refractivity contribution in [1.82, 2.24) is 9.97 Å². The summed E-state index contributed by atoms with van der Waals surface area (Å²) >= 11 is 5.18. The molecule has 1 fully saturated rings. The Labute approximate surface area is 125 Å². The number of hydrogen-bond donors (Lipinski definition) is 1. The van der Waals surface area contributed by atoms with Crippen LogP contribution in [0.3, 0.4) is 0 Å². The van der Waals surface area contributed by atoms with Crippen LogP contribution in [0, 0.1) is 0 Å². The number of halogens is 1. The lowest BCUT2D eigenvalue weighted by molar-refractivity contribution is 0.949. The minimum absolute atomic E-state index is 0.646. The van der Waals surface area contributed by atoms with Crippen molar-refractivity contribution in [3.05, 3.63) is 27.7 Å². The van der Waals surface area contributed by atoms with Crippen LogP contribution < -0.4 is 5.32 Å². The lowest BCUT2D eigenvalue weighted by Gasteiger charge is -2.08. The largest absolute Gasteiger partial charge is 0.370 e. The van der Waals surface area contributed by atoms with Crippen molar-refractivity contribution < 1.29 is 0 Å². The van der Waals surface area contributed by atoms with Gasteiger partial charge in [-0.3, -0.25) is 0 Å². The van der Waals surface area contributed by atoms with Gasteiger partial charge in [-0.1, -0.05) is 6.92 Å². The fraction of sp³-hybridized carbons (Fsp3) is 0.429. The maximum absolute atomic E-state index is 4.73. The summed E-state index contributed by atoms with van der Waals surface area (Å²) in [4.78, 5) is 10.5. The fourth-order valence-corrected chi connectivity index (χ4v) is 3.26. The van der Waals surface area contributed by atoms with Gasteiger partial charge in [-0.25, -0.2) is 9.97 Å². The van der Waals surface area contributed by atoms with Crippen LogP contribution in [0.5, 0.6) is 0 Å². The van der Waals surface area contributed by atoms with E-state index in [4.69, 9.17) is 4.98 Å². The molecule has 0 radical (unpaired) electrons. The summed E-state index contributed by atoms with van der Waals surface area (Å²) in [5.74, 6) is 2.45. The zero-order valence-electron chi connectivity index (χ0n) is 10.8. The second-order valence-electron chi connectivity index (χ2n) is 4.81. The highest BCUT2D eigenvalue weighted by Gasteiger charge is 2.26. The SMILES string of the molecule is CCCNc1cc(C2CC2)nc(-c2ccc(Br)s2)n1. The third kappa shape index (κ3) is 3.15. The molecule has 19 heavy (non-hydrogen) atoms. The van der Waals surface area contributed by atoms with Gasteiger partial charge in [0, 0.05) is 24.2 Å². The number of hydrogen-bond acceptors (Lipinski definition) is 4. The maximum atomic E-state index is 4.73. The summed E-state index contributed by atoms with van der Waals surface area (Å²) in [5, 5.41) is 3.38. The standard InChI is InChI=1S/C14H16BrN3S/c1-2-7-16-13-8-10(9-3-4-9)17-14(18-13)11-5-6-12(15)19-11/h5-6,8-9H,2-4,7H2,1H3,(H,16,17,18). The third-order valence-corrected chi connectivity index (χ3v) is 4.71. The van der Waals surface area contributed by atoms with E-state index in [0.717, 1.165) is 33.3 Å². The molecule has 2 aromatic heterocycles. The van der Waals surface area contributed by atoms with E-state index in [9.17, 15) is 0 Å². The summed E-state index contributed by atoms with van der Waals surface area (Å²) in [6.07, 6.45) is 3.62. The Morgan fingerprint density at radius 3 is 2.84 bits per heavy atom. The lowest BCUT2D eigenvalue weighted by atomic mass is 10.2. The van der Waals surface area contributed by atoms with Crippen LogP contribution in [0.25, 0.3) is 10.7 Å². The predicted octanol–water partition coefficient (Wildman–Crippen LogP) is 4.67. The van der Waals surface area contributed by atoms with Crippen LogP contribution in [-0.2, 0) is 0 Å². The second-order valence-corrected chi connectivity index (χ2v) is 7.27. The number of thiophene rings is 1. The second kappa shape index (κ2) is 5.59. The Bertz CT molecular complexity index is 578. The zero-order chi connectivity index (χ0) is 13.2. The lowest BCUT2D eigenvalue weighted by Crippen LogP contribution is -2.05. The highest BCUT2D eigenvalue weighted by atomic mass is 79.9. The van der Waals surface area contributed by atoms with Crippen molar-refractivity contribution in [3.63, 3.8) is 0 Å². The van der Waals surface area contributed by atoms with E-state index < -0.39 is 0 Å². The van der Waals surface area contributed by atoms with Gasteiger partial charge in [-0.05, 0) is 47.3 Å². The van der Waals surface area contributed by atoms with Crippen LogP contribution >= 0.6 is 27.3 Å². The number of nitrogens with one attached hydrogen (secondary N) is 1. The van der Waals surface area contributed by atoms with E-state index in [1.165, 1.54) is 18.5 Å². The van der Waals surface area contributed by atoms with Crippen LogP contribution in [0.4, 0.5) is 5.82 Å². The van der Waals surface area contributed by atoms with Crippen molar-refractivity contribution in [2.24, 2.45) is 0 Å². The van der Waals surface area contributed by atoms with Gasteiger partial charge < -0.3 is 5.32 Å². The quantitative estimate of drug-likeness (QED) is 0.861. The third-order valence-electron chi connectivity index (χ3n) is 3.09. The number of rotatable bonds is 5. The van der Waals surface area contributed by atoms with E-state index in [1.54, 1.807) is 11.3 Å². The van der Waals surface area contributed by atoms with E-state index in [2.05, 4.69) is 45.3 Å². The summed E-state index contributed by atoms with van der Waals surface area (Å²) in [5.41, 5.74) is 1.19. The van der Waals surface area contributed by atoms with Crippen molar-refractivity contribution in [2.75, 3.05) is 11.9 Å². The molecule has 2 heterocycles. The number of aromatic nitrogens is 2. The van der Waals surface area contributed by atoms with Gasteiger partial charge in [-0.2, -0.15) is 0 Å². The molecule has 1 aliphatic rings. The molecular weight excluding hydrogens is 322 g/mol. The Morgan fingerprint density at radius 2 is 2.21 bits per heavy atom. The summed E-state index contributed by atoms with van der Waals surface area (Å²) in [6.45, 7) is 3.11. The molecule has 1 N–H and O–H groups in total. The Morgan fingerprint density at radius 1 is 1.37 bits per heavy atom. The molecule has 2 aromatic rings. The van der Waals surface area contributed by atoms with E-state index in [-0.39, 0.29) is 0 Å². The molecule has 0 spiro atoms. The van der Waals surface area contributed by atoms with Gasteiger partial charge in [0.05, 0.1) is 8.66 Å². The normalized spacial score (nSPS) is 14.6. The van der Waals surface area contributed by atoms with Gasteiger partial charge in [0.1, 0.15) is 5.82 Å². The van der Waals surface area contributed by atoms with E-state index >= 15 is 0 Å². The smallest absolute Gasteiger partial charge is 0.171 e. The summed E-state index contributed by atoms with van der Waals surface area (Å²) < 4.78 is 1.12. The highest BCUT2D eigenvalue weighted by Crippen LogP contribution is 2.40. The molecule has 0 unspecified atom stereocenters.